The van der Waals surface area contributed by atoms with E-state index in [1.54, 1.807) is 0 Å². The first-order valence-electron chi connectivity index (χ1n) is 4.10. The van der Waals surface area contributed by atoms with Gasteiger partial charge in [-0.3, -0.25) is 8.37 Å². The second kappa shape index (κ2) is 14.2. The molecule has 0 bridgehead atoms. The first-order chi connectivity index (χ1) is 9.12. The van der Waals surface area contributed by atoms with E-state index < -0.39 is 32.2 Å². The van der Waals surface area contributed by atoms with E-state index in [4.69, 9.17) is 0 Å². The number of rotatable bonds is 2. The fourth-order valence-corrected chi connectivity index (χ4v) is 0.204. The van der Waals surface area contributed by atoms with Crippen LogP contribution in [0.25, 0.3) is 0 Å². The standard InChI is InChI=1S/C2H6O4S.3BF4.Li.H/c1-5-7(3,4)6-2;3*2-1(3,4)5;;/h1-2H3;;;;;/q;3*-1;;. The molecule has 0 aliphatic heterocycles. The monoisotopic (exact) mass is 395 g/mol. The van der Waals surface area contributed by atoms with Gasteiger partial charge in [-0.1, -0.05) is 0 Å². The topological polar surface area (TPSA) is 52.6 Å². The van der Waals surface area contributed by atoms with Gasteiger partial charge in [-0.05, 0) is 0 Å². The van der Waals surface area contributed by atoms with E-state index in [1.807, 2.05) is 0 Å². The maximum atomic E-state index is 9.92. The molecule has 0 aliphatic rings. The number of halogens is 12. The van der Waals surface area contributed by atoms with E-state index in [1.165, 1.54) is 0 Å². The zero-order chi connectivity index (χ0) is 19.4. The summed E-state index contributed by atoms with van der Waals surface area (Å²) in [6, 6.07) is 0. The normalized spacial score (nSPS) is 11.4. The predicted molar refractivity (Wildman–Crippen MR) is 60.6 cm³/mol. The van der Waals surface area contributed by atoms with Crippen molar-refractivity contribution in [3.63, 3.8) is 0 Å². The first-order valence-corrected chi connectivity index (χ1v) is 5.44. The van der Waals surface area contributed by atoms with Gasteiger partial charge in [0.05, 0.1) is 14.2 Å². The summed E-state index contributed by atoms with van der Waals surface area (Å²) in [7, 11) is -19.6. The van der Waals surface area contributed by atoms with Gasteiger partial charge < -0.3 is 51.8 Å². The molecule has 0 unspecified atom stereocenters. The summed E-state index contributed by atoms with van der Waals surface area (Å²) in [5, 5.41) is 0. The molecule has 142 valence electrons. The van der Waals surface area contributed by atoms with Crippen molar-refractivity contribution in [1.82, 2.24) is 0 Å². The van der Waals surface area contributed by atoms with Crippen molar-refractivity contribution in [2.75, 3.05) is 14.2 Å². The van der Waals surface area contributed by atoms with Crippen LogP contribution < -0.4 is 0 Å². The van der Waals surface area contributed by atoms with Crippen molar-refractivity contribution >= 4 is 51.0 Å². The Morgan fingerprint density at radius 3 is 0.652 bits per heavy atom. The van der Waals surface area contributed by atoms with Gasteiger partial charge in [0.25, 0.3) is 0 Å². The molecule has 0 saturated heterocycles. The Morgan fingerprint density at radius 1 is 0.565 bits per heavy atom. The van der Waals surface area contributed by atoms with Crippen LogP contribution in [-0.4, -0.2) is 63.3 Å². The van der Waals surface area contributed by atoms with Gasteiger partial charge in [-0.2, -0.15) is 8.42 Å². The van der Waals surface area contributed by atoms with Crippen LogP contribution >= 0.6 is 0 Å². The Labute approximate surface area is 134 Å². The van der Waals surface area contributed by atoms with Gasteiger partial charge >= 0.3 is 51.0 Å². The Hall–Kier alpha value is -0.178. The molecule has 0 heterocycles. The second-order valence-corrected chi connectivity index (χ2v) is 3.71. The molecule has 21 heteroatoms. The third-order valence-electron chi connectivity index (χ3n) is 0.408. The molecule has 0 saturated carbocycles. The van der Waals surface area contributed by atoms with Crippen LogP contribution in [0.2, 0.25) is 0 Å². The van der Waals surface area contributed by atoms with Crippen molar-refractivity contribution in [3.05, 3.63) is 0 Å². The molecule has 0 amide bonds. The number of hydrogen-bond acceptors (Lipinski definition) is 4. The second-order valence-electron chi connectivity index (χ2n) is 2.23. The van der Waals surface area contributed by atoms with Crippen LogP contribution in [0, 0.1) is 0 Å². The summed E-state index contributed by atoms with van der Waals surface area (Å²) in [6.07, 6.45) is 0. The van der Waals surface area contributed by atoms with Crippen molar-refractivity contribution in [3.8, 4) is 0 Å². The third kappa shape index (κ3) is 253. The zero-order valence-electron chi connectivity index (χ0n) is 10.3. The molecule has 0 aromatic rings. The minimum absolute atomic E-state index is 0. The van der Waals surface area contributed by atoms with Crippen molar-refractivity contribution in [1.29, 1.82) is 0 Å². The first kappa shape index (κ1) is 34.2. The van der Waals surface area contributed by atoms with Gasteiger partial charge in [-0.25, -0.2) is 0 Å². The van der Waals surface area contributed by atoms with Gasteiger partial charge in [0.2, 0.25) is 0 Å². The molecule has 0 atom stereocenters. The third-order valence-corrected chi connectivity index (χ3v) is 1.22. The van der Waals surface area contributed by atoms with Gasteiger partial charge in [0, 0.05) is 0 Å². The average molecular weight is 394 g/mol. The minimum atomic E-state index is -6.00. The quantitative estimate of drug-likeness (QED) is 0.534. The molecule has 23 heavy (non-hydrogen) atoms. The molecular weight excluding hydrogens is 387 g/mol. The van der Waals surface area contributed by atoms with Crippen LogP contribution in [0.5, 0.6) is 0 Å². The SMILES string of the molecule is COS(=O)(=O)OC.F[B-](F)(F)F.F[B-](F)(F)F.F[B-](F)(F)F.[LiH]. The summed E-state index contributed by atoms with van der Waals surface area (Å²) in [5.74, 6) is 0. The number of hydrogen-bond donors (Lipinski definition) is 0. The van der Waals surface area contributed by atoms with E-state index in [0.717, 1.165) is 14.2 Å². The molecule has 0 rings (SSSR count). The molecular formula is C2H7B3F12LiO4S-3. The molecule has 0 aromatic heterocycles. The fraction of sp³-hybridized carbons (Fsp3) is 1.00. The van der Waals surface area contributed by atoms with Gasteiger partial charge in [0.15, 0.2) is 0 Å². The van der Waals surface area contributed by atoms with Crippen LogP contribution in [0.1, 0.15) is 0 Å². The zero-order valence-corrected chi connectivity index (χ0v) is 11.1. The van der Waals surface area contributed by atoms with Crippen molar-refractivity contribution < 1.29 is 68.6 Å². The van der Waals surface area contributed by atoms with Crippen LogP contribution in [0.3, 0.4) is 0 Å². The molecule has 0 fully saturated rings. The van der Waals surface area contributed by atoms with E-state index in [2.05, 4.69) is 8.37 Å². The molecule has 4 nitrogen and oxygen atoms in total. The summed E-state index contributed by atoms with van der Waals surface area (Å²) >= 11 is 0. The summed E-state index contributed by atoms with van der Waals surface area (Å²) < 4.78 is 145. The molecule has 0 aliphatic carbocycles. The average Bonchev–Trinajstić information content (AvgIpc) is 2.09. The van der Waals surface area contributed by atoms with Crippen LogP contribution in [-0.2, 0) is 18.8 Å². The fourth-order valence-electron chi connectivity index (χ4n) is 0.0680. The molecule has 0 aromatic carbocycles. The van der Waals surface area contributed by atoms with Crippen LogP contribution in [0.15, 0.2) is 0 Å². The molecule has 0 spiro atoms. The summed E-state index contributed by atoms with van der Waals surface area (Å²) in [5.41, 5.74) is 0. The molecule has 0 radical (unpaired) electrons. The van der Waals surface area contributed by atoms with Crippen molar-refractivity contribution in [2.24, 2.45) is 0 Å². The Kier molecular flexibility index (Phi) is 21.1. The predicted octanol–water partition coefficient (Wildman–Crippen LogP) is 2.78. The Balaban J connectivity index is -0.0000000625. The summed E-state index contributed by atoms with van der Waals surface area (Å²) in [4.78, 5) is 0. The van der Waals surface area contributed by atoms with E-state index >= 15 is 0 Å². The van der Waals surface area contributed by atoms with E-state index in [-0.39, 0.29) is 18.9 Å². The van der Waals surface area contributed by atoms with E-state index in [9.17, 15) is 60.2 Å². The van der Waals surface area contributed by atoms with Gasteiger partial charge in [-0.15, -0.1) is 0 Å². The van der Waals surface area contributed by atoms with Gasteiger partial charge in [0.1, 0.15) is 0 Å². The van der Waals surface area contributed by atoms with Crippen LogP contribution in [0.4, 0.5) is 51.8 Å². The van der Waals surface area contributed by atoms with Crippen molar-refractivity contribution in [2.45, 2.75) is 0 Å². The Bertz CT molecular complexity index is 294. The maximum absolute atomic E-state index is 9.92. The Morgan fingerprint density at radius 2 is 0.652 bits per heavy atom. The van der Waals surface area contributed by atoms with E-state index in [0.29, 0.717) is 0 Å². The summed E-state index contributed by atoms with van der Waals surface area (Å²) in [6.45, 7) is 0. The molecule has 0 N–H and O–H groups in total.